The van der Waals surface area contributed by atoms with Gasteiger partial charge >= 0.3 is 0 Å². The van der Waals surface area contributed by atoms with E-state index in [4.69, 9.17) is 0 Å². The largest absolute Gasteiger partial charge is 0.295 e. The summed E-state index contributed by atoms with van der Waals surface area (Å²) >= 11 is 0. The number of non-ortho nitro benzene ring substituents is 1. The molecule has 1 aromatic rings. The van der Waals surface area contributed by atoms with Crippen LogP contribution >= 0.6 is 0 Å². The number of nitrogens with zero attached hydrogens (tertiary/aromatic N) is 1. The molecule has 19 heavy (non-hydrogen) atoms. The summed E-state index contributed by atoms with van der Waals surface area (Å²) in [6.45, 7) is 0. The Bertz CT molecular complexity index is 529. The van der Waals surface area contributed by atoms with Crippen LogP contribution in [0.4, 0.5) is 5.69 Å². The first-order valence-electron chi connectivity index (χ1n) is 6.28. The fourth-order valence-corrected chi connectivity index (χ4v) is 2.08. The summed E-state index contributed by atoms with van der Waals surface area (Å²) in [4.78, 5) is 21.7. The van der Waals surface area contributed by atoms with Gasteiger partial charge in [-0.3, -0.25) is 14.9 Å². The van der Waals surface area contributed by atoms with Gasteiger partial charge in [-0.15, -0.1) is 0 Å². The molecule has 1 atom stereocenters. The molecule has 0 amide bonds. The number of rotatable bonds is 4. The van der Waals surface area contributed by atoms with Crippen LogP contribution in [-0.2, 0) is 4.79 Å². The monoisotopic (exact) mass is 257 g/mol. The molecular weight excluding hydrogens is 242 g/mol. The zero-order valence-corrected chi connectivity index (χ0v) is 10.5. The highest BCUT2D eigenvalue weighted by Crippen LogP contribution is 2.20. The number of benzene rings is 1. The van der Waals surface area contributed by atoms with Gasteiger partial charge in [-0.25, -0.2) is 0 Å². The van der Waals surface area contributed by atoms with Crippen molar-refractivity contribution < 1.29 is 9.72 Å². The van der Waals surface area contributed by atoms with Crippen LogP contribution in [0.1, 0.15) is 24.8 Å². The molecule has 0 aromatic heterocycles. The van der Waals surface area contributed by atoms with Crippen molar-refractivity contribution in [1.82, 2.24) is 0 Å². The van der Waals surface area contributed by atoms with Crippen molar-refractivity contribution in [2.75, 3.05) is 0 Å². The average Bonchev–Trinajstić information content (AvgIpc) is 2.41. The molecule has 0 heterocycles. The van der Waals surface area contributed by atoms with Gasteiger partial charge in [-0.05, 0) is 43.0 Å². The number of carbonyl (C=O) groups is 1. The molecule has 0 radical (unpaired) electrons. The van der Waals surface area contributed by atoms with Crippen molar-refractivity contribution in [1.29, 1.82) is 0 Å². The van der Waals surface area contributed by atoms with Gasteiger partial charge in [-0.1, -0.05) is 18.2 Å². The van der Waals surface area contributed by atoms with Crippen LogP contribution in [0.2, 0.25) is 0 Å². The topological polar surface area (TPSA) is 60.2 Å². The normalized spacial score (nSPS) is 18.9. The minimum Gasteiger partial charge on any atom is -0.295 e. The molecule has 2 rings (SSSR count). The van der Waals surface area contributed by atoms with Crippen LogP contribution in [0.3, 0.4) is 0 Å². The summed E-state index contributed by atoms with van der Waals surface area (Å²) in [5.41, 5.74) is 0.995. The molecule has 1 aliphatic carbocycles. The van der Waals surface area contributed by atoms with Crippen LogP contribution in [-0.4, -0.2) is 10.7 Å². The predicted octanol–water partition coefficient (Wildman–Crippen LogP) is 3.53. The Labute approximate surface area is 111 Å². The van der Waals surface area contributed by atoms with E-state index in [1.807, 2.05) is 18.2 Å². The van der Waals surface area contributed by atoms with Crippen LogP contribution in [0.15, 0.2) is 42.5 Å². The van der Waals surface area contributed by atoms with Crippen molar-refractivity contribution in [3.63, 3.8) is 0 Å². The van der Waals surface area contributed by atoms with E-state index in [1.54, 1.807) is 18.2 Å². The van der Waals surface area contributed by atoms with Gasteiger partial charge in [0.2, 0.25) is 0 Å². The van der Waals surface area contributed by atoms with Gasteiger partial charge in [0, 0.05) is 18.1 Å². The van der Waals surface area contributed by atoms with E-state index in [9.17, 15) is 14.9 Å². The summed E-state index contributed by atoms with van der Waals surface area (Å²) in [6.07, 6.45) is 10.0. The summed E-state index contributed by atoms with van der Waals surface area (Å²) in [5, 5.41) is 10.5. The van der Waals surface area contributed by atoms with Crippen molar-refractivity contribution in [2.45, 2.75) is 19.3 Å². The first-order valence-corrected chi connectivity index (χ1v) is 6.28. The molecule has 0 N–H and O–H groups in total. The molecule has 0 bridgehead atoms. The summed E-state index contributed by atoms with van der Waals surface area (Å²) < 4.78 is 0. The summed E-state index contributed by atoms with van der Waals surface area (Å²) in [7, 11) is 0. The van der Waals surface area contributed by atoms with Gasteiger partial charge in [0.15, 0.2) is 5.78 Å². The second kappa shape index (κ2) is 6.09. The molecule has 1 aromatic carbocycles. The summed E-state index contributed by atoms with van der Waals surface area (Å²) in [6, 6.07) is 6.37. The predicted molar refractivity (Wildman–Crippen MR) is 73.6 cm³/mol. The van der Waals surface area contributed by atoms with Crippen LogP contribution in [0.5, 0.6) is 0 Å². The highest BCUT2D eigenvalue weighted by molar-refractivity contribution is 5.92. The van der Waals surface area contributed by atoms with E-state index >= 15 is 0 Å². The summed E-state index contributed by atoms with van der Waals surface area (Å²) in [5.74, 6) is 0.277. The minimum atomic E-state index is -0.416. The van der Waals surface area contributed by atoms with Crippen molar-refractivity contribution >= 4 is 17.5 Å². The molecule has 4 heteroatoms. The van der Waals surface area contributed by atoms with Gasteiger partial charge in [0.1, 0.15) is 0 Å². The lowest BCUT2D eigenvalue weighted by Gasteiger charge is -2.13. The number of nitro groups is 1. The first-order chi connectivity index (χ1) is 9.16. The van der Waals surface area contributed by atoms with Crippen molar-refractivity contribution in [3.05, 3.63) is 58.2 Å². The number of allylic oxidation sites excluding steroid dienone is 3. The van der Waals surface area contributed by atoms with Gasteiger partial charge in [0.25, 0.3) is 5.69 Å². The SMILES string of the molecule is O=C1C=CCCC1CC=Cc1ccc([N+](=O)[O-])cc1. The standard InChI is InChI=1S/C15H15NO3/c17-15-7-2-1-5-13(15)6-3-4-12-8-10-14(11-9-12)16(18)19/h2-4,7-11,13H,1,5-6H2. The molecule has 0 spiro atoms. The third-order valence-electron chi connectivity index (χ3n) is 3.20. The third kappa shape index (κ3) is 3.61. The number of hydrogen-bond donors (Lipinski definition) is 0. The molecule has 1 aliphatic rings. The number of hydrogen-bond acceptors (Lipinski definition) is 3. The molecule has 0 aliphatic heterocycles. The molecule has 1 unspecified atom stereocenters. The van der Waals surface area contributed by atoms with E-state index in [0.29, 0.717) is 0 Å². The fourth-order valence-electron chi connectivity index (χ4n) is 2.08. The second-order valence-corrected chi connectivity index (χ2v) is 4.57. The molecule has 0 saturated carbocycles. The van der Waals surface area contributed by atoms with E-state index < -0.39 is 4.92 Å². The lowest BCUT2D eigenvalue weighted by molar-refractivity contribution is -0.384. The number of nitro benzene ring substituents is 1. The Morgan fingerprint density at radius 3 is 2.68 bits per heavy atom. The first kappa shape index (κ1) is 13.2. The fraction of sp³-hybridized carbons (Fsp3) is 0.267. The van der Waals surface area contributed by atoms with Gasteiger partial charge in [0.05, 0.1) is 4.92 Å². The highest BCUT2D eigenvalue weighted by atomic mass is 16.6. The molecule has 0 saturated heterocycles. The number of ketones is 1. The van der Waals surface area contributed by atoms with E-state index in [1.165, 1.54) is 12.1 Å². The maximum Gasteiger partial charge on any atom is 0.269 e. The zero-order chi connectivity index (χ0) is 13.7. The Hall–Kier alpha value is -2.23. The lowest BCUT2D eigenvalue weighted by Crippen LogP contribution is -2.13. The van der Waals surface area contributed by atoms with Crippen LogP contribution < -0.4 is 0 Å². The Morgan fingerprint density at radius 2 is 2.05 bits per heavy atom. The minimum absolute atomic E-state index is 0.0827. The van der Waals surface area contributed by atoms with Crippen LogP contribution in [0.25, 0.3) is 6.08 Å². The highest BCUT2D eigenvalue weighted by Gasteiger charge is 2.16. The van der Waals surface area contributed by atoms with E-state index in [-0.39, 0.29) is 17.4 Å². The van der Waals surface area contributed by atoms with Crippen LogP contribution in [0, 0.1) is 16.0 Å². The van der Waals surface area contributed by atoms with Crippen molar-refractivity contribution in [2.24, 2.45) is 5.92 Å². The van der Waals surface area contributed by atoms with Gasteiger partial charge < -0.3 is 0 Å². The molecule has 0 fully saturated rings. The smallest absolute Gasteiger partial charge is 0.269 e. The third-order valence-corrected chi connectivity index (χ3v) is 3.20. The lowest BCUT2D eigenvalue weighted by atomic mass is 9.90. The average molecular weight is 257 g/mol. The quantitative estimate of drug-likeness (QED) is 0.612. The molecular formula is C15H15NO3. The Balaban J connectivity index is 1.93. The van der Waals surface area contributed by atoms with E-state index in [0.717, 1.165) is 24.8 Å². The van der Waals surface area contributed by atoms with Crippen molar-refractivity contribution in [3.8, 4) is 0 Å². The maximum atomic E-state index is 11.6. The Kier molecular flexibility index (Phi) is 4.23. The second-order valence-electron chi connectivity index (χ2n) is 4.57. The number of carbonyl (C=O) groups excluding carboxylic acids is 1. The maximum absolute atomic E-state index is 11.6. The zero-order valence-electron chi connectivity index (χ0n) is 10.5. The molecule has 98 valence electrons. The Morgan fingerprint density at radius 1 is 1.32 bits per heavy atom. The molecule has 4 nitrogen and oxygen atoms in total. The van der Waals surface area contributed by atoms with Gasteiger partial charge in [-0.2, -0.15) is 0 Å². The van der Waals surface area contributed by atoms with E-state index in [2.05, 4.69) is 0 Å².